The van der Waals surface area contributed by atoms with Gasteiger partial charge in [0.1, 0.15) is 5.75 Å². The van der Waals surface area contributed by atoms with E-state index < -0.39 is 6.10 Å². The lowest BCUT2D eigenvalue weighted by molar-refractivity contribution is -0.122. The first-order valence-electron chi connectivity index (χ1n) is 10.4. The number of benzene rings is 2. The van der Waals surface area contributed by atoms with Crippen LogP contribution in [-0.2, 0) is 4.79 Å². The standard InChI is InChI=1S/C24H30N2O3/c1-17-12-13-18(2)22(16-17)29-19(3)23(27)25-21-11-7-6-10-20(21)24(28)26-14-8-4-5-9-15-26/h6-7,10-13,16,19H,4-5,8-9,14-15H2,1-3H3,(H,25,27)/t19-/m0/s1. The lowest BCUT2D eigenvalue weighted by Gasteiger charge is -2.22. The van der Waals surface area contributed by atoms with Crippen molar-refractivity contribution >= 4 is 17.5 Å². The summed E-state index contributed by atoms with van der Waals surface area (Å²) in [6.07, 6.45) is 3.70. The Hall–Kier alpha value is -2.82. The fourth-order valence-electron chi connectivity index (χ4n) is 3.54. The number of hydrogen-bond acceptors (Lipinski definition) is 3. The second kappa shape index (κ2) is 9.59. The number of amides is 2. The maximum absolute atomic E-state index is 13.0. The predicted molar refractivity (Wildman–Crippen MR) is 115 cm³/mol. The summed E-state index contributed by atoms with van der Waals surface area (Å²) in [5, 5.41) is 2.89. The van der Waals surface area contributed by atoms with Crippen molar-refractivity contribution in [2.45, 2.75) is 52.6 Å². The van der Waals surface area contributed by atoms with Gasteiger partial charge in [-0.25, -0.2) is 0 Å². The summed E-state index contributed by atoms with van der Waals surface area (Å²) in [5.41, 5.74) is 3.11. The van der Waals surface area contributed by atoms with Crippen LogP contribution in [0.5, 0.6) is 5.75 Å². The first kappa shape index (κ1) is 20.9. The third-order valence-corrected chi connectivity index (χ3v) is 5.33. The van der Waals surface area contributed by atoms with Gasteiger partial charge in [-0.1, -0.05) is 37.1 Å². The third kappa shape index (κ3) is 5.37. The second-order valence-corrected chi connectivity index (χ2v) is 7.77. The summed E-state index contributed by atoms with van der Waals surface area (Å²) in [5.74, 6) is 0.398. The number of likely N-dealkylation sites (tertiary alicyclic amines) is 1. The molecule has 1 N–H and O–H groups in total. The Kier molecular flexibility index (Phi) is 6.91. The Bertz CT molecular complexity index is 870. The van der Waals surface area contributed by atoms with Gasteiger partial charge >= 0.3 is 0 Å². The molecule has 1 heterocycles. The number of aryl methyl sites for hydroxylation is 2. The lowest BCUT2D eigenvalue weighted by atomic mass is 10.1. The minimum atomic E-state index is -0.683. The number of carbonyl (C=O) groups excluding carboxylic acids is 2. The van der Waals surface area contributed by atoms with Crippen LogP contribution in [0.4, 0.5) is 5.69 Å². The molecule has 0 spiro atoms. The molecule has 1 saturated heterocycles. The first-order chi connectivity index (χ1) is 14.0. The summed E-state index contributed by atoms with van der Waals surface area (Å²) < 4.78 is 5.89. The number of rotatable bonds is 5. The van der Waals surface area contributed by atoms with Gasteiger partial charge in [0.25, 0.3) is 11.8 Å². The van der Waals surface area contributed by atoms with Gasteiger partial charge in [-0.15, -0.1) is 0 Å². The van der Waals surface area contributed by atoms with Gasteiger partial charge in [0, 0.05) is 13.1 Å². The molecule has 2 aromatic rings. The number of nitrogens with one attached hydrogen (secondary N) is 1. The molecule has 154 valence electrons. The zero-order chi connectivity index (χ0) is 20.8. The molecule has 1 atom stereocenters. The average molecular weight is 395 g/mol. The van der Waals surface area contributed by atoms with E-state index >= 15 is 0 Å². The van der Waals surface area contributed by atoms with Crippen molar-refractivity contribution in [3.8, 4) is 5.75 Å². The topological polar surface area (TPSA) is 58.6 Å². The molecule has 1 fully saturated rings. The number of nitrogens with zero attached hydrogens (tertiary/aromatic N) is 1. The van der Waals surface area contributed by atoms with Crippen molar-refractivity contribution < 1.29 is 14.3 Å². The smallest absolute Gasteiger partial charge is 0.265 e. The molecule has 0 radical (unpaired) electrons. The van der Waals surface area contributed by atoms with Crippen LogP contribution in [0.2, 0.25) is 0 Å². The van der Waals surface area contributed by atoms with Crippen LogP contribution >= 0.6 is 0 Å². The SMILES string of the molecule is Cc1ccc(C)c(O[C@@H](C)C(=O)Nc2ccccc2C(=O)N2CCCCCC2)c1. The number of ether oxygens (including phenoxy) is 1. The minimum Gasteiger partial charge on any atom is -0.481 e. The van der Waals surface area contributed by atoms with Crippen LogP contribution in [0, 0.1) is 13.8 Å². The highest BCUT2D eigenvalue weighted by Gasteiger charge is 2.22. The van der Waals surface area contributed by atoms with Gasteiger partial charge in [-0.2, -0.15) is 0 Å². The molecule has 5 heteroatoms. The van der Waals surface area contributed by atoms with E-state index in [0.717, 1.165) is 49.9 Å². The number of hydrogen-bond donors (Lipinski definition) is 1. The molecule has 1 aliphatic rings. The van der Waals surface area contributed by atoms with E-state index in [1.54, 1.807) is 19.1 Å². The summed E-state index contributed by atoms with van der Waals surface area (Å²) in [6.45, 7) is 7.20. The van der Waals surface area contributed by atoms with E-state index in [1.807, 2.05) is 49.1 Å². The summed E-state index contributed by atoms with van der Waals surface area (Å²) in [6, 6.07) is 13.1. The predicted octanol–water partition coefficient (Wildman–Crippen LogP) is 4.73. The van der Waals surface area contributed by atoms with Crippen LogP contribution in [0.15, 0.2) is 42.5 Å². The van der Waals surface area contributed by atoms with E-state index in [0.29, 0.717) is 17.0 Å². The molecular formula is C24H30N2O3. The Morgan fingerprint density at radius 2 is 1.69 bits per heavy atom. The molecule has 0 aromatic heterocycles. The molecule has 29 heavy (non-hydrogen) atoms. The largest absolute Gasteiger partial charge is 0.481 e. The van der Waals surface area contributed by atoms with Gasteiger partial charge in [0.2, 0.25) is 0 Å². The highest BCUT2D eigenvalue weighted by molar-refractivity contribution is 6.04. The van der Waals surface area contributed by atoms with Crippen molar-refractivity contribution in [3.63, 3.8) is 0 Å². The van der Waals surface area contributed by atoms with Crippen molar-refractivity contribution in [1.29, 1.82) is 0 Å². The van der Waals surface area contributed by atoms with Crippen molar-refractivity contribution in [2.24, 2.45) is 0 Å². The van der Waals surface area contributed by atoms with Crippen LogP contribution in [0.25, 0.3) is 0 Å². The molecule has 2 amide bonds. The quantitative estimate of drug-likeness (QED) is 0.798. The lowest BCUT2D eigenvalue weighted by Crippen LogP contribution is -2.34. The molecule has 0 saturated carbocycles. The fourth-order valence-corrected chi connectivity index (χ4v) is 3.54. The van der Waals surface area contributed by atoms with Gasteiger partial charge in [-0.05, 0) is 62.9 Å². The van der Waals surface area contributed by atoms with E-state index in [2.05, 4.69) is 5.32 Å². The van der Waals surface area contributed by atoms with Crippen LogP contribution in [0.1, 0.15) is 54.1 Å². The molecule has 0 aliphatic carbocycles. The summed E-state index contributed by atoms with van der Waals surface area (Å²) in [4.78, 5) is 27.7. The first-order valence-corrected chi connectivity index (χ1v) is 10.4. The monoisotopic (exact) mass is 394 g/mol. The maximum Gasteiger partial charge on any atom is 0.265 e. The minimum absolute atomic E-state index is 0.0223. The molecule has 1 aliphatic heterocycles. The zero-order valence-corrected chi connectivity index (χ0v) is 17.5. The molecular weight excluding hydrogens is 364 g/mol. The highest BCUT2D eigenvalue weighted by atomic mass is 16.5. The molecule has 0 bridgehead atoms. The molecule has 3 rings (SSSR count). The Morgan fingerprint density at radius 3 is 2.41 bits per heavy atom. The van der Waals surface area contributed by atoms with Crippen molar-refractivity contribution in [1.82, 2.24) is 4.90 Å². The third-order valence-electron chi connectivity index (χ3n) is 5.33. The van der Waals surface area contributed by atoms with Crippen molar-refractivity contribution in [2.75, 3.05) is 18.4 Å². The van der Waals surface area contributed by atoms with E-state index in [1.165, 1.54) is 0 Å². The Labute approximate surface area is 173 Å². The fraction of sp³-hybridized carbons (Fsp3) is 0.417. The maximum atomic E-state index is 13.0. The number of carbonyl (C=O) groups is 2. The van der Waals surface area contributed by atoms with E-state index in [-0.39, 0.29) is 11.8 Å². The zero-order valence-electron chi connectivity index (χ0n) is 17.5. The second-order valence-electron chi connectivity index (χ2n) is 7.77. The molecule has 0 unspecified atom stereocenters. The van der Waals surface area contributed by atoms with Gasteiger partial charge in [-0.3, -0.25) is 9.59 Å². The van der Waals surface area contributed by atoms with E-state index in [4.69, 9.17) is 4.74 Å². The summed E-state index contributed by atoms with van der Waals surface area (Å²) >= 11 is 0. The van der Waals surface area contributed by atoms with Gasteiger partial charge in [0.15, 0.2) is 6.10 Å². The Morgan fingerprint density at radius 1 is 1.00 bits per heavy atom. The number of anilines is 1. The van der Waals surface area contributed by atoms with Crippen molar-refractivity contribution in [3.05, 3.63) is 59.2 Å². The van der Waals surface area contributed by atoms with E-state index in [9.17, 15) is 9.59 Å². The highest BCUT2D eigenvalue weighted by Crippen LogP contribution is 2.23. The van der Waals surface area contributed by atoms with Gasteiger partial charge < -0.3 is 15.0 Å². The molecule has 2 aromatic carbocycles. The molecule has 5 nitrogen and oxygen atoms in total. The van der Waals surface area contributed by atoms with Crippen LogP contribution in [-0.4, -0.2) is 35.9 Å². The van der Waals surface area contributed by atoms with Crippen LogP contribution in [0.3, 0.4) is 0 Å². The van der Waals surface area contributed by atoms with Crippen LogP contribution < -0.4 is 10.1 Å². The summed E-state index contributed by atoms with van der Waals surface area (Å²) in [7, 11) is 0. The Balaban J connectivity index is 1.71. The number of para-hydroxylation sites is 1. The normalized spacial score (nSPS) is 15.3. The van der Waals surface area contributed by atoms with Gasteiger partial charge in [0.05, 0.1) is 11.3 Å². The average Bonchev–Trinajstić information content (AvgIpc) is 3.00.